The Kier molecular flexibility index (Phi) is 7.91. The molecule has 1 atom stereocenters. The van der Waals surface area contributed by atoms with Crippen LogP contribution in [0.4, 0.5) is 19.0 Å². The van der Waals surface area contributed by atoms with E-state index in [2.05, 4.69) is 21.5 Å². The van der Waals surface area contributed by atoms with Gasteiger partial charge in [-0.2, -0.15) is 4.98 Å². The summed E-state index contributed by atoms with van der Waals surface area (Å²) in [6.45, 7) is 12.3. The molecule has 234 valence electrons. The number of piperazine rings is 1. The van der Waals surface area contributed by atoms with E-state index >= 15 is 8.78 Å². The Morgan fingerprint density at radius 1 is 1.11 bits per heavy atom. The number of hydrogen-bond donors (Lipinski definition) is 0. The molecule has 1 fully saturated rings. The number of nitrogens with zero attached hydrogens (tertiary/aromatic N) is 6. The number of carbonyl (C=O) groups excluding carboxylic acids is 1. The number of amides is 1. The fraction of sp³-hybridized carbons (Fsp3) is 0.324. The summed E-state index contributed by atoms with van der Waals surface area (Å²) >= 11 is 0. The summed E-state index contributed by atoms with van der Waals surface area (Å²) in [5, 5.41) is 0.149. The second kappa shape index (κ2) is 12.3. The molecule has 11 heteroatoms. The first-order valence-electron chi connectivity index (χ1n) is 15.7. The van der Waals surface area contributed by atoms with Gasteiger partial charge in [-0.05, 0) is 48.1 Å². The number of pyridine rings is 2. The second-order valence-corrected chi connectivity index (χ2v) is 11.7. The van der Waals surface area contributed by atoms with Crippen LogP contribution in [0.3, 0.4) is 0 Å². The molecule has 5 rings (SSSR count). The Bertz CT molecular complexity index is 1960. The Hall–Kier alpha value is -4.80. The maximum atomic E-state index is 16.3. The van der Waals surface area contributed by atoms with Crippen molar-refractivity contribution in [2.75, 3.05) is 24.5 Å². The van der Waals surface area contributed by atoms with Gasteiger partial charge in [-0.3, -0.25) is 9.78 Å². The van der Waals surface area contributed by atoms with E-state index < -0.39 is 47.3 Å². The molecule has 1 aliphatic rings. The van der Waals surface area contributed by atoms with Gasteiger partial charge in [-0.25, -0.2) is 27.5 Å². The molecule has 0 unspecified atom stereocenters. The van der Waals surface area contributed by atoms with E-state index in [1.807, 2.05) is 27.7 Å². The van der Waals surface area contributed by atoms with E-state index in [0.29, 0.717) is 11.4 Å². The standard InChI is InChI=1S/C34H35F3N6O2/c1-8-22-10-9-11-25(36)27(22)29-26(37)16-24-31(42-15-14-41(17-20(42)6)33(44)21(7)35)40-34(45)43(32(24)39-29)30-23(18(2)3)12-13-38-28(30)19(4)5/h8-13,16,18-20H,1,7,14-15,17H2,2-6H3/t20-/m0/s1/i1D2. The molecule has 3 aromatic heterocycles. The highest BCUT2D eigenvalue weighted by Gasteiger charge is 2.32. The third-order valence-electron chi connectivity index (χ3n) is 8.03. The molecule has 45 heavy (non-hydrogen) atoms. The Morgan fingerprint density at radius 2 is 1.87 bits per heavy atom. The SMILES string of the molecule is [2H]C([2H])=Cc1cccc(F)c1-c1nc2c(cc1F)c(N1CCN(C(=O)C(=C)F)C[C@@H]1C)nc(=O)n2-c1c(C(C)C)ccnc1C(C)C. The molecule has 0 N–H and O–H groups in total. The van der Waals surface area contributed by atoms with Crippen LogP contribution in [-0.2, 0) is 4.79 Å². The van der Waals surface area contributed by atoms with Gasteiger partial charge in [0.25, 0.3) is 5.91 Å². The smallest absolute Gasteiger partial charge is 0.350 e. The van der Waals surface area contributed by atoms with Crippen molar-refractivity contribution >= 4 is 28.8 Å². The second-order valence-electron chi connectivity index (χ2n) is 11.7. The zero-order chi connectivity index (χ0) is 34.3. The Balaban J connectivity index is 1.87. The van der Waals surface area contributed by atoms with Gasteiger partial charge in [0.05, 0.1) is 19.5 Å². The van der Waals surface area contributed by atoms with Crippen molar-refractivity contribution in [3.8, 4) is 16.9 Å². The molecule has 0 radical (unpaired) electrons. The molecular weight excluding hydrogens is 581 g/mol. The molecule has 4 aromatic rings. The number of fused-ring (bicyclic) bond motifs is 1. The van der Waals surface area contributed by atoms with Crippen molar-refractivity contribution in [2.24, 2.45) is 0 Å². The molecule has 1 amide bonds. The van der Waals surface area contributed by atoms with Crippen molar-refractivity contribution < 1.29 is 20.7 Å². The number of hydrogen-bond acceptors (Lipinski definition) is 6. The van der Waals surface area contributed by atoms with Gasteiger partial charge < -0.3 is 9.80 Å². The molecule has 8 nitrogen and oxygen atoms in total. The van der Waals surface area contributed by atoms with Gasteiger partial charge >= 0.3 is 5.69 Å². The maximum absolute atomic E-state index is 16.3. The monoisotopic (exact) mass is 618 g/mol. The quantitative estimate of drug-likeness (QED) is 0.219. The lowest BCUT2D eigenvalue weighted by Gasteiger charge is -2.40. The summed E-state index contributed by atoms with van der Waals surface area (Å²) in [7, 11) is 0. The number of carbonyl (C=O) groups is 1. The Labute approximate surface area is 262 Å². The molecule has 1 aromatic carbocycles. The van der Waals surface area contributed by atoms with Crippen LogP contribution in [0.5, 0.6) is 0 Å². The van der Waals surface area contributed by atoms with Gasteiger partial charge in [0.15, 0.2) is 17.3 Å². The van der Waals surface area contributed by atoms with Crippen molar-refractivity contribution in [3.05, 3.63) is 94.4 Å². The highest BCUT2D eigenvalue weighted by atomic mass is 19.1. The number of aromatic nitrogens is 4. The molecule has 1 saturated heterocycles. The average molecular weight is 619 g/mol. The summed E-state index contributed by atoms with van der Waals surface area (Å²) in [4.78, 5) is 43.2. The van der Waals surface area contributed by atoms with Gasteiger partial charge in [-0.15, -0.1) is 0 Å². The average Bonchev–Trinajstić information content (AvgIpc) is 3.00. The molecule has 4 heterocycles. The van der Waals surface area contributed by atoms with Crippen molar-refractivity contribution in [1.82, 2.24) is 24.4 Å². The zero-order valence-electron chi connectivity index (χ0n) is 27.7. The van der Waals surface area contributed by atoms with Crippen LogP contribution in [0, 0.1) is 11.6 Å². The van der Waals surface area contributed by atoms with Crippen LogP contribution in [0.2, 0.25) is 0 Å². The number of halogens is 3. The normalized spacial score (nSPS) is 15.8. The summed E-state index contributed by atoms with van der Waals surface area (Å²) in [6, 6.07) is 6.43. The van der Waals surface area contributed by atoms with E-state index in [1.54, 1.807) is 24.1 Å². The summed E-state index contributed by atoms with van der Waals surface area (Å²) < 4.78 is 61.9. The summed E-state index contributed by atoms with van der Waals surface area (Å²) in [5.74, 6) is -3.77. The van der Waals surface area contributed by atoms with Crippen LogP contribution in [0.1, 0.15) is 66.0 Å². The first-order chi connectivity index (χ1) is 22.2. The first kappa shape index (κ1) is 28.9. The number of rotatable bonds is 7. The minimum Gasteiger partial charge on any atom is -0.350 e. The van der Waals surface area contributed by atoms with Gasteiger partial charge in [0.1, 0.15) is 17.3 Å². The van der Waals surface area contributed by atoms with Gasteiger partial charge in [0, 0.05) is 37.4 Å². The Morgan fingerprint density at radius 3 is 2.51 bits per heavy atom. The van der Waals surface area contributed by atoms with Crippen LogP contribution >= 0.6 is 0 Å². The molecular formula is C34H35F3N6O2. The molecule has 0 bridgehead atoms. The lowest BCUT2D eigenvalue weighted by molar-refractivity contribution is -0.129. The number of benzene rings is 1. The van der Waals surface area contributed by atoms with Gasteiger partial charge in [-0.1, -0.05) is 59.0 Å². The van der Waals surface area contributed by atoms with Crippen molar-refractivity contribution in [1.29, 1.82) is 0 Å². The van der Waals surface area contributed by atoms with Crippen molar-refractivity contribution in [2.45, 2.75) is 52.5 Å². The predicted molar refractivity (Wildman–Crippen MR) is 170 cm³/mol. The van der Waals surface area contributed by atoms with Crippen molar-refractivity contribution in [3.63, 3.8) is 0 Å². The molecule has 0 saturated carbocycles. The number of anilines is 1. The van der Waals surface area contributed by atoms with E-state index in [9.17, 15) is 14.0 Å². The van der Waals surface area contributed by atoms with E-state index in [-0.39, 0.29) is 59.4 Å². The lowest BCUT2D eigenvalue weighted by Crippen LogP contribution is -2.54. The van der Waals surface area contributed by atoms with Gasteiger partial charge in [0.2, 0.25) is 0 Å². The zero-order valence-corrected chi connectivity index (χ0v) is 25.7. The summed E-state index contributed by atoms with van der Waals surface area (Å²) in [6.07, 6.45) is 2.74. The molecule has 1 aliphatic heterocycles. The third kappa shape index (κ3) is 5.63. The predicted octanol–water partition coefficient (Wildman–Crippen LogP) is 6.53. The van der Waals surface area contributed by atoms with E-state index in [1.165, 1.54) is 21.6 Å². The fourth-order valence-corrected chi connectivity index (χ4v) is 5.86. The van der Waals surface area contributed by atoms with Crippen LogP contribution in [0.15, 0.2) is 60.3 Å². The minimum absolute atomic E-state index is 0.00815. The lowest BCUT2D eigenvalue weighted by atomic mass is 9.97. The largest absolute Gasteiger partial charge is 0.355 e. The van der Waals surface area contributed by atoms with Crippen LogP contribution in [0.25, 0.3) is 34.1 Å². The highest BCUT2D eigenvalue weighted by molar-refractivity contribution is 5.92. The third-order valence-corrected chi connectivity index (χ3v) is 8.03. The van der Waals surface area contributed by atoms with E-state index in [4.69, 9.17) is 2.74 Å². The first-order valence-corrected chi connectivity index (χ1v) is 14.7. The van der Waals surface area contributed by atoms with Crippen LogP contribution < -0.4 is 10.6 Å². The topological polar surface area (TPSA) is 84.2 Å². The molecule has 0 spiro atoms. The fourth-order valence-electron chi connectivity index (χ4n) is 5.86. The summed E-state index contributed by atoms with van der Waals surface area (Å²) in [5.41, 5.74) is 0.425. The van der Waals surface area contributed by atoms with Crippen LogP contribution in [-0.4, -0.2) is 56.0 Å². The highest BCUT2D eigenvalue weighted by Crippen LogP contribution is 2.36. The minimum atomic E-state index is -1.08. The van der Waals surface area contributed by atoms with E-state index in [0.717, 1.165) is 23.8 Å². The maximum Gasteiger partial charge on any atom is 0.355 e. The molecule has 0 aliphatic carbocycles.